The molecule has 0 amide bonds. The summed E-state index contributed by atoms with van der Waals surface area (Å²) in [5.74, 6) is 2.67. The van der Waals surface area contributed by atoms with Crippen LogP contribution in [-0.4, -0.2) is 12.6 Å². The lowest BCUT2D eigenvalue weighted by atomic mass is 9.74. The molecule has 94 valence electrons. The van der Waals surface area contributed by atoms with Gasteiger partial charge in [0.15, 0.2) is 0 Å². The zero-order chi connectivity index (χ0) is 12.0. The van der Waals surface area contributed by atoms with Gasteiger partial charge in [0.05, 0.1) is 0 Å². The summed E-state index contributed by atoms with van der Waals surface area (Å²) in [7, 11) is 0. The summed E-state index contributed by atoms with van der Waals surface area (Å²) < 4.78 is 0. The van der Waals surface area contributed by atoms with Crippen LogP contribution in [-0.2, 0) is 0 Å². The van der Waals surface area contributed by atoms with E-state index in [0.717, 1.165) is 24.3 Å². The van der Waals surface area contributed by atoms with Gasteiger partial charge < -0.3 is 5.32 Å². The summed E-state index contributed by atoms with van der Waals surface area (Å²) in [5.41, 5.74) is 0. The Morgan fingerprint density at radius 3 is 2.19 bits per heavy atom. The van der Waals surface area contributed by atoms with Crippen molar-refractivity contribution in [1.82, 2.24) is 5.32 Å². The van der Waals surface area contributed by atoms with Crippen molar-refractivity contribution >= 4 is 0 Å². The van der Waals surface area contributed by atoms with Crippen molar-refractivity contribution in [2.24, 2.45) is 17.8 Å². The van der Waals surface area contributed by atoms with E-state index in [1.165, 1.54) is 32.1 Å². The van der Waals surface area contributed by atoms with E-state index in [1.54, 1.807) is 0 Å². The zero-order valence-corrected chi connectivity index (χ0v) is 11.3. The van der Waals surface area contributed by atoms with E-state index in [1.807, 2.05) is 0 Å². The van der Waals surface area contributed by atoms with Crippen LogP contribution in [0.3, 0.4) is 0 Å². The van der Waals surface area contributed by atoms with E-state index in [4.69, 9.17) is 0 Å². The topological polar surface area (TPSA) is 12.0 Å². The van der Waals surface area contributed by atoms with Gasteiger partial charge in [-0.05, 0) is 56.4 Å². The molecule has 1 unspecified atom stereocenters. The standard InChI is InChI=1S/C15H29N/c1-5-11-16-15(6-2)14-9-7-13(8-10-14)12(3)4/h6,12-16H,2,5,7-11H2,1,3-4H3. The van der Waals surface area contributed by atoms with Crippen LogP contribution in [0.5, 0.6) is 0 Å². The Kier molecular flexibility index (Phi) is 6.12. The van der Waals surface area contributed by atoms with Crippen molar-refractivity contribution in [2.45, 2.75) is 58.9 Å². The third-order valence-electron chi connectivity index (χ3n) is 4.15. The molecule has 0 spiro atoms. The van der Waals surface area contributed by atoms with E-state index in [9.17, 15) is 0 Å². The average Bonchev–Trinajstić information content (AvgIpc) is 2.30. The maximum absolute atomic E-state index is 3.98. The molecule has 0 aromatic heterocycles. The average molecular weight is 223 g/mol. The van der Waals surface area contributed by atoms with Crippen molar-refractivity contribution in [1.29, 1.82) is 0 Å². The van der Waals surface area contributed by atoms with E-state index in [-0.39, 0.29) is 0 Å². The molecule has 0 heterocycles. The fourth-order valence-corrected chi connectivity index (χ4v) is 2.92. The molecule has 1 rings (SSSR count). The molecule has 0 saturated heterocycles. The number of hydrogen-bond acceptors (Lipinski definition) is 1. The Bertz CT molecular complexity index is 190. The van der Waals surface area contributed by atoms with Gasteiger partial charge in [-0.25, -0.2) is 0 Å². The highest BCUT2D eigenvalue weighted by Crippen LogP contribution is 2.34. The summed E-state index contributed by atoms with van der Waals surface area (Å²) >= 11 is 0. The van der Waals surface area contributed by atoms with Crippen LogP contribution in [0.2, 0.25) is 0 Å². The molecule has 0 aliphatic heterocycles. The molecule has 1 atom stereocenters. The van der Waals surface area contributed by atoms with Crippen LogP contribution in [0.25, 0.3) is 0 Å². The van der Waals surface area contributed by atoms with Crippen LogP contribution >= 0.6 is 0 Å². The maximum Gasteiger partial charge on any atom is 0.0275 e. The largest absolute Gasteiger partial charge is 0.310 e. The summed E-state index contributed by atoms with van der Waals surface area (Å²) in [5, 5.41) is 3.61. The Labute approximate surface area is 102 Å². The molecular weight excluding hydrogens is 194 g/mol. The highest BCUT2D eigenvalue weighted by atomic mass is 14.9. The normalized spacial score (nSPS) is 28.0. The Morgan fingerprint density at radius 2 is 1.75 bits per heavy atom. The molecule has 1 N–H and O–H groups in total. The Morgan fingerprint density at radius 1 is 1.19 bits per heavy atom. The van der Waals surface area contributed by atoms with Crippen molar-refractivity contribution in [3.63, 3.8) is 0 Å². The van der Waals surface area contributed by atoms with Gasteiger partial charge in [-0.3, -0.25) is 0 Å². The highest BCUT2D eigenvalue weighted by molar-refractivity contribution is 4.93. The van der Waals surface area contributed by atoms with E-state index in [0.29, 0.717) is 6.04 Å². The lowest BCUT2D eigenvalue weighted by Crippen LogP contribution is -2.37. The Hall–Kier alpha value is -0.300. The molecule has 1 heteroatoms. The molecule has 16 heavy (non-hydrogen) atoms. The number of rotatable bonds is 6. The summed E-state index contributed by atoms with van der Waals surface area (Å²) in [6.45, 7) is 12.1. The highest BCUT2D eigenvalue weighted by Gasteiger charge is 2.26. The van der Waals surface area contributed by atoms with Crippen LogP contribution in [0.15, 0.2) is 12.7 Å². The van der Waals surface area contributed by atoms with E-state index in [2.05, 4.69) is 38.7 Å². The number of nitrogens with one attached hydrogen (secondary N) is 1. The minimum atomic E-state index is 0.549. The summed E-state index contributed by atoms with van der Waals surface area (Å²) in [6, 6.07) is 0.549. The van der Waals surface area contributed by atoms with Crippen LogP contribution < -0.4 is 5.32 Å². The van der Waals surface area contributed by atoms with Crippen molar-refractivity contribution in [2.75, 3.05) is 6.54 Å². The fraction of sp³-hybridized carbons (Fsp3) is 0.867. The molecule has 0 aromatic carbocycles. The lowest BCUT2D eigenvalue weighted by molar-refractivity contribution is 0.203. The van der Waals surface area contributed by atoms with Gasteiger partial charge >= 0.3 is 0 Å². The van der Waals surface area contributed by atoms with Gasteiger partial charge in [0.1, 0.15) is 0 Å². The molecule has 1 aliphatic rings. The zero-order valence-electron chi connectivity index (χ0n) is 11.3. The SMILES string of the molecule is C=CC(NCCC)C1CCC(C(C)C)CC1. The second-order valence-electron chi connectivity index (χ2n) is 5.63. The Balaban J connectivity index is 2.35. The molecule has 0 radical (unpaired) electrons. The molecule has 0 aromatic rings. The predicted octanol–water partition coefficient (Wildman–Crippen LogP) is 4.00. The molecule has 0 bridgehead atoms. The molecule has 1 saturated carbocycles. The predicted molar refractivity (Wildman–Crippen MR) is 72.6 cm³/mol. The van der Waals surface area contributed by atoms with Gasteiger partial charge in [0.25, 0.3) is 0 Å². The number of hydrogen-bond donors (Lipinski definition) is 1. The van der Waals surface area contributed by atoms with Crippen molar-refractivity contribution < 1.29 is 0 Å². The first-order valence-electron chi connectivity index (χ1n) is 7.05. The summed E-state index contributed by atoms with van der Waals surface area (Å²) in [6.07, 6.45) is 8.94. The van der Waals surface area contributed by atoms with Crippen LogP contribution in [0.1, 0.15) is 52.9 Å². The second-order valence-corrected chi connectivity index (χ2v) is 5.63. The van der Waals surface area contributed by atoms with Gasteiger partial charge in [0.2, 0.25) is 0 Å². The minimum Gasteiger partial charge on any atom is -0.310 e. The third-order valence-corrected chi connectivity index (χ3v) is 4.15. The first-order chi connectivity index (χ1) is 7.69. The molecule has 1 aliphatic carbocycles. The minimum absolute atomic E-state index is 0.549. The summed E-state index contributed by atoms with van der Waals surface area (Å²) in [4.78, 5) is 0. The molecule has 1 nitrogen and oxygen atoms in total. The molecular formula is C15H29N. The van der Waals surface area contributed by atoms with Gasteiger partial charge in [0, 0.05) is 6.04 Å². The van der Waals surface area contributed by atoms with Crippen LogP contribution in [0.4, 0.5) is 0 Å². The van der Waals surface area contributed by atoms with Crippen molar-refractivity contribution in [3.05, 3.63) is 12.7 Å². The quantitative estimate of drug-likeness (QED) is 0.671. The monoisotopic (exact) mass is 223 g/mol. The van der Waals surface area contributed by atoms with E-state index < -0.39 is 0 Å². The smallest absolute Gasteiger partial charge is 0.0275 e. The van der Waals surface area contributed by atoms with Crippen LogP contribution in [0, 0.1) is 17.8 Å². The maximum atomic E-state index is 3.98. The van der Waals surface area contributed by atoms with Gasteiger partial charge in [-0.2, -0.15) is 0 Å². The lowest BCUT2D eigenvalue weighted by Gasteiger charge is -2.34. The van der Waals surface area contributed by atoms with Gasteiger partial charge in [-0.1, -0.05) is 26.8 Å². The second kappa shape index (κ2) is 7.11. The first kappa shape index (κ1) is 13.8. The fourth-order valence-electron chi connectivity index (χ4n) is 2.92. The molecule has 1 fully saturated rings. The van der Waals surface area contributed by atoms with Crippen molar-refractivity contribution in [3.8, 4) is 0 Å². The third kappa shape index (κ3) is 3.93. The first-order valence-corrected chi connectivity index (χ1v) is 7.05. The van der Waals surface area contributed by atoms with Gasteiger partial charge in [-0.15, -0.1) is 6.58 Å². The van der Waals surface area contributed by atoms with E-state index >= 15 is 0 Å².